The minimum absolute atomic E-state index is 0.0214. The first-order valence-electron chi connectivity index (χ1n) is 4.89. The van der Waals surface area contributed by atoms with Gasteiger partial charge in [0.2, 0.25) is 0 Å². The van der Waals surface area contributed by atoms with Crippen molar-refractivity contribution >= 4 is 17.6 Å². The van der Waals surface area contributed by atoms with E-state index >= 15 is 0 Å². The SMILES string of the molecule is Cc1onc(C2C(Cl)=CC=CC2F)c1C(=O)O. The summed E-state index contributed by atoms with van der Waals surface area (Å²) >= 11 is 5.89. The molecule has 0 aliphatic heterocycles. The van der Waals surface area contributed by atoms with Gasteiger partial charge in [0.05, 0.1) is 5.92 Å². The Morgan fingerprint density at radius 2 is 2.35 bits per heavy atom. The van der Waals surface area contributed by atoms with E-state index in [2.05, 4.69) is 5.16 Å². The van der Waals surface area contributed by atoms with Gasteiger partial charge in [-0.1, -0.05) is 22.8 Å². The van der Waals surface area contributed by atoms with Gasteiger partial charge >= 0.3 is 5.97 Å². The smallest absolute Gasteiger partial charge is 0.341 e. The van der Waals surface area contributed by atoms with Crippen molar-refractivity contribution in [3.8, 4) is 0 Å². The Kier molecular flexibility index (Phi) is 3.02. The molecular weight excluding hydrogens is 249 g/mol. The van der Waals surface area contributed by atoms with E-state index in [1.165, 1.54) is 25.2 Å². The molecule has 1 heterocycles. The van der Waals surface area contributed by atoms with Gasteiger partial charge in [-0.15, -0.1) is 0 Å². The zero-order valence-corrected chi connectivity index (χ0v) is 9.61. The van der Waals surface area contributed by atoms with Crippen LogP contribution in [0.2, 0.25) is 0 Å². The predicted molar refractivity (Wildman–Crippen MR) is 58.9 cm³/mol. The van der Waals surface area contributed by atoms with E-state index in [4.69, 9.17) is 21.2 Å². The molecule has 90 valence electrons. The number of carbonyl (C=O) groups is 1. The summed E-state index contributed by atoms with van der Waals surface area (Å²) in [4.78, 5) is 11.1. The first kappa shape index (κ1) is 11.9. The lowest BCUT2D eigenvalue weighted by atomic mass is 9.92. The number of allylic oxidation sites excluding steroid dienone is 4. The highest BCUT2D eigenvalue weighted by atomic mass is 35.5. The fraction of sp³-hybridized carbons (Fsp3) is 0.273. The van der Waals surface area contributed by atoms with Crippen molar-refractivity contribution in [1.29, 1.82) is 0 Å². The molecule has 0 saturated carbocycles. The van der Waals surface area contributed by atoms with Crippen molar-refractivity contribution in [3.05, 3.63) is 40.3 Å². The van der Waals surface area contributed by atoms with Crippen LogP contribution in [-0.4, -0.2) is 22.4 Å². The molecule has 2 rings (SSSR count). The summed E-state index contributed by atoms with van der Waals surface area (Å²) in [6.45, 7) is 1.46. The predicted octanol–water partition coefficient (Wildman–Crippen LogP) is 2.80. The summed E-state index contributed by atoms with van der Waals surface area (Å²) in [5.41, 5.74) is -0.104. The van der Waals surface area contributed by atoms with Crippen LogP contribution in [0.5, 0.6) is 0 Å². The molecular formula is C11H9ClFNO3. The minimum atomic E-state index is -1.41. The topological polar surface area (TPSA) is 63.3 Å². The summed E-state index contributed by atoms with van der Waals surface area (Å²) in [5, 5.41) is 12.8. The lowest BCUT2D eigenvalue weighted by Gasteiger charge is -2.18. The van der Waals surface area contributed by atoms with E-state index in [1.807, 2.05) is 0 Å². The maximum atomic E-state index is 13.8. The fourth-order valence-corrected chi connectivity index (χ4v) is 2.06. The van der Waals surface area contributed by atoms with Crippen LogP contribution < -0.4 is 0 Å². The van der Waals surface area contributed by atoms with Crippen molar-refractivity contribution in [2.75, 3.05) is 0 Å². The van der Waals surface area contributed by atoms with Crippen LogP contribution in [0.15, 0.2) is 27.8 Å². The Morgan fingerprint density at radius 1 is 1.65 bits per heavy atom. The van der Waals surface area contributed by atoms with Gasteiger partial charge in [0.1, 0.15) is 23.2 Å². The molecule has 0 radical (unpaired) electrons. The quantitative estimate of drug-likeness (QED) is 0.885. The van der Waals surface area contributed by atoms with E-state index < -0.39 is 18.1 Å². The van der Waals surface area contributed by atoms with Crippen LogP contribution in [0.25, 0.3) is 0 Å². The Morgan fingerprint density at radius 3 is 2.94 bits per heavy atom. The number of hydrogen-bond acceptors (Lipinski definition) is 3. The Bertz CT molecular complexity index is 521. The number of hydrogen-bond donors (Lipinski definition) is 1. The number of carboxylic acids is 1. The van der Waals surface area contributed by atoms with Crippen molar-refractivity contribution in [2.24, 2.45) is 0 Å². The van der Waals surface area contributed by atoms with Crippen molar-refractivity contribution < 1.29 is 18.8 Å². The zero-order valence-electron chi connectivity index (χ0n) is 8.85. The molecule has 0 aromatic carbocycles. The number of rotatable bonds is 2. The Labute approximate surface area is 101 Å². The van der Waals surface area contributed by atoms with Gasteiger partial charge in [-0.3, -0.25) is 0 Å². The third-order valence-corrected chi connectivity index (χ3v) is 2.92. The lowest BCUT2D eigenvalue weighted by Crippen LogP contribution is -2.18. The van der Waals surface area contributed by atoms with Crippen LogP contribution in [0.4, 0.5) is 4.39 Å². The fourth-order valence-electron chi connectivity index (χ4n) is 1.76. The number of aryl methyl sites for hydroxylation is 1. The van der Waals surface area contributed by atoms with Crippen molar-refractivity contribution in [2.45, 2.75) is 19.0 Å². The first-order valence-corrected chi connectivity index (χ1v) is 5.27. The largest absolute Gasteiger partial charge is 0.477 e. The van der Waals surface area contributed by atoms with E-state index in [-0.39, 0.29) is 22.0 Å². The molecule has 2 atom stereocenters. The summed E-state index contributed by atoms with van der Waals surface area (Å²) in [6.07, 6.45) is 2.89. The highest BCUT2D eigenvalue weighted by molar-refractivity contribution is 6.30. The van der Waals surface area contributed by atoms with Crippen LogP contribution in [0, 0.1) is 6.92 Å². The normalized spacial score (nSPS) is 23.6. The molecule has 1 aromatic rings. The first-order chi connectivity index (χ1) is 8.02. The van der Waals surface area contributed by atoms with Crippen molar-refractivity contribution in [3.63, 3.8) is 0 Å². The van der Waals surface area contributed by atoms with Crippen molar-refractivity contribution in [1.82, 2.24) is 5.16 Å². The Balaban J connectivity index is 2.51. The van der Waals surface area contributed by atoms with Gasteiger partial charge < -0.3 is 9.63 Å². The third kappa shape index (κ3) is 1.98. The zero-order chi connectivity index (χ0) is 12.6. The maximum Gasteiger partial charge on any atom is 0.341 e. The second kappa shape index (κ2) is 4.33. The molecule has 0 saturated heterocycles. The van der Waals surface area contributed by atoms with E-state index in [0.717, 1.165) is 0 Å². The number of aromatic nitrogens is 1. The van der Waals surface area contributed by atoms with Gasteiger partial charge in [-0.25, -0.2) is 9.18 Å². The Hall–Kier alpha value is -1.62. The number of nitrogens with zero attached hydrogens (tertiary/aromatic N) is 1. The number of alkyl halides is 1. The summed E-state index contributed by atoms with van der Waals surface area (Å²) in [7, 11) is 0. The summed E-state index contributed by atoms with van der Waals surface area (Å²) in [6, 6.07) is 0. The number of aromatic carboxylic acids is 1. The standard InChI is InChI=1S/C11H9ClFNO3/c1-5-8(11(15)16)10(14-17-5)9-6(12)3-2-4-7(9)13/h2-4,7,9H,1H3,(H,15,16). The maximum absolute atomic E-state index is 13.8. The third-order valence-electron chi connectivity index (χ3n) is 2.56. The molecule has 0 bridgehead atoms. The molecule has 1 aliphatic rings. The summed E-state index contributed by atoms with van der Waals surface area (Å²) in [5.74, 6) is -1.98. The van der Waals surface area contributed by atoms with Crippen LogP contribution in [-0.2, 0) is 0 Å². The van der Waals surface area contributed by atoms with Gasteiger partial charge in [-0.05, 0) is 19.1 Å². The molecule has 1 N–H and O–H groups in total. The summed E-state index contributed by atoms with van der Waals surface area (Å²) < 4.78 is 18.5. The molecule has 0 fully saturated rings. The van der Waals surface area contributed by atoms with Crippen LogP contribution >= 0.6 is 11.6 Å². The molecule has 6 heteroatoms. The van der Waals surface area contributed by atoms with Gasteiger partial charge in [-0.2, -0.15) is 0 Å². The van der Waals surface area contributed by atoms with E-state index in [0.29, 0.717) is 0 Å². The molecule has 0 amide bonds. The molecule has 2 unspecified atom stereocenters. The highest BCUT2D eigenvalue weighted by Gasteiger charge is 2.34. The second-order valence-electron chi connectivity index (χ2n) is 3.66. The minimum Gasteiger partial charge on any atom is -0.477 e. The average Bonchev–Trinajstić information content (AvgIpc) is 2.60. The van der Waals surface area contributed by atoms with Gasteiger partial charge in [0.15, 0.2) is 0 Å². The molecule has 1 aromatic heterocycles. The van der Waals surface area contributed by atoms with Crippen LogP contribution in [0.3, 0.4) is 0 Å². The van der Waals surface area contributed by atoms with Gasteiger partial charge in [0, 0.05) is 5.03 Å². The molecule has 17 heavy (non-hydrogen) atoms. The van der Waals surface area contributed by atoms with Crippen LogP contribution in [0.1, 0.15) is 27.7 Å². The molecule has 1 aliphatic carbocycles. The monoisotopic (exact) mass is 257 g/mol. The van der Waals surface area contributed by atoms with E-state index in [9.17, 15) is 9.18 Å². The van der Waals surface area contributed by atoms with Gasteiger partial charge in [0.25, 0.3) is 0 Å². The number of carboxylic acid groups (broad SMARTS) is 1. The molecule has 4 nitrogen and oxygen atoms in total. The lowest BCUT2D eigenvalue weighted by molar-refractivity contribution is 0.0693. The second-order valence-corrected chi connectivity index (χ2v) is 4.10. The highest BCUT2D eigenvalue weighted by Crippen LogP contribution is 2.37. The molecule has 0 spiro atoms. The van der Waals surface area contributed by atoms with E-state index in [1.54, 1.807) is 0 Å². The average molecular weight is 258 g/mol. The number of halogens is 2.